The van der Waals surface area contributed by atoms with Gasteiger partial charge in [0.2, 0.25) is 11.8 Å². The zero-order valence-corrected chi connectivity index (χ0v) is 12.1. The third-order valence-corrected chi connectivity index (χ3v) is 2.35. The molecule has 0 radical (unpaired) electrons. The lowest BCUT2D eigenvalue weighted by atomic mass is 10.4. The van der Waals surface area contributed by atoms with Crippen LogP contribution in [-0.4, -0.2) is 37.3 Å². The fraction of sp³-hybridized carbons (Fsp3) is 0.538. The Hall–Kier alpha value is -1.86. The van der Waals surface area contributed by atoms with Crippen molar-refractivity contribution in [1.29, 1.82) is 0 Å². The second kappa shape index (κ2) is 9.99. The predicted octanol–water partition coefficient (Wildman–Crippen LogP) is 1.14. The quantitative estimate of drug-likeness (QED) is 0.217. The van der Waals surface area contributed by atoms with Crippen LogP contribution in [0.5, 0.6) is 5.88 Å². The van der Waals surface area contributed by atoms with Crippen molar-refractivity contribution in [2.75, 3.05) is 31.7 Å². The minimum Gasteiger partial charge on any atom is -0.478 e. The number of nitrogens with two attached hydrogens (primary N) is 1. The van der Waals surface area contributed by atoms with E-state index in [1.54, 1.807) is 12.3 Å². The van der Waals surface area contributed by atoms with Gasteiger partial charge in [0.15, 0.2) is 0 Å². The lowest BCUT2D eigenvalue weighted by Crippen LogP contribution is -2.36. The predicted molar refractivity (Wildman–Crippen MR) is 79.8 cm³/mol. The fourth-order valence-electron chi connectivity index (χ4n) is 1.45. The van der Waals surface area contributed by atoms with E-state index in [1.807, 2.05) is 19.9 Å². The van der Waals surface area contributed by atoms with Crippen LogP contribution in [-0.2, 0) is 4.74 Å². The third kappa shape index (κ3) is 6.35. The molecule has 1 aromatic heterocycles. The van der Waals surface area contributed by atoms with Gasteiger partial charge in [-0.3, -0.25) is 10.4 Å². The zero-order valence-electron chi connectivity index (χ0n) is 12.1. The van der Waals surface area contributed by atoms with Crippen LogP contribution >= 0.6 is 0 Å². The molecule has 0 saturated heterocycles. The highest BCUT2D eigenvalue weighted by Crippen LogP contribution is 2.11. The van der Waals surface area contributed by atoms with E-state index in [4.69, 9.17) is 15.3 Å². The number of hydrazine groups is 1. The first-order valence-corrected chi connectivity index (χ1v) is 6.74. The van der Waals surface area contributed by atoms with E-state index in [1.165, 1.54) is 0 Å². The highest BCUT2D eigenvalue weighted by molar-refractivity contribution is 5.93. The number of aromatic nitrogens is 1. The van der Waals surface area contributed by atoms with Gasteiger partial charge in [-0.1, -0.05) is 0 Å². The summed E-state index contributed by atoms with van der Waals surface area (Å²) in [7, 11) is 0. The summed E-state index contributed by atoms with van der Waals surface area (Å²) >= 11 is 0. The highest BCUT2D eigenvalue weighted by Gasteiger charge is 1.99. The summed E-state index contributed by atoms with van der Waals surface area (Å²) in [6.45, 7) is 6.54. The molecule has 112 valence electrons. The fourth-order valence-corrected chi connectivity index (χ4v) is 1.45. The van der Waals surface area contributed by atoms with E-state index < -0.39 is 0 Å². The maximum Gasteiger partial charge on any atom is 0.213 e. The number of hydrogen-bond acceptors (Lipinski definition) is 5. The molecule has 7 heteroatoms. The van der Waals surface area contributed by atoms with Crippen LogP contribution in [0.3, 0.4) is 0 Å². The molecule has 0 aliphatic carbocycles. The first-order chi connectivity index (χ1) is 9.80. The van der Waals surface area contributed by atoms with Crippen LogP contribution < -0.4 is 21.3 Å². The molecule has 0 aliphatic rings. The number of anilines is 1. The monoisotopic (exact) mass is 281 g/mol. The van der Waals surface area contributed by atoms with Crippen LogP contribution in [0.25, 0.3) is 0 Å². The molecule has 7 nitrogen and oxygen atoms in total. The first kappa shape index (κ1) is 16.2. The van der Waals surface area contributed by atoms with Crippen molar-refractivity contribution >= 4 is 11.6 Å². The molecule has 0 aromatic carbocycles. The molecule has 1 rings (SSSR count). The Bertz CT molecular complexity index is 394. The van der Waals surface area contributed by atoms with E-state index in [9.17, 15) is 0 Å². The Morgan fingerprint density at radius 2 is 2.20 bits per heavy atom. The average molecular weight is 281 g/mol. The first-order valence-electron chi connectivity index (χ1n) is 6.74. The Labute approximate surface area is 119 Å². The molecule has 1 heterocycles. The van der Waals surface area contributed by atoms with Crippen LogP contribution in [0.1, 0.15) is 20.3 Å². The average Bonchev–Trinajstić information content (AvgIpc) is 2.48. The topological polar surface area (TPSA) is 93.8 Å². The molecule has 1 aromatic rings. The molecule has 20 heavy (non-hydrogen) atoms. The molecule has 0 bridgehead atoms. The van der Waals surface area contributed by atoms with Crippen LogP contribution in [0.15, 0.2) is 23.3 Å². The van der Waals surface area contributed by atoms with E-state index in [0.717, 1.165) is 18.7 Å². The van der Waals surface area contributed by atoms with Gasteiger partial charge in [0, 0.05) is 25.8 Å². The van der Waals surface area contributed by atoms with Crippen LogP contribution in [0.2, 0.25) is 0 Å². The van der Waals surface area contributed by atoms with Crippen LogP contribution in [0, 0.1) is 0 Å². The van der Waals surface area contributed by atoms with Gasteiger partial charge in [0.1, 0.15) is 0 Å². The highest BCUT2D eigenvalue weighted by atomic mass is 16.5. The minimum absolute atomic E-state index is 0.493. The number of hydrogen-bond donors (Lipinski definition) is 3. The zero-order chi connectivity index (χ0) is 14.6. The maximum absolute atomic E-state index is 5.42. The standard InChI is InChI=1S/C13H23N5O2/c1-3-19-9-5-8-15-13(18-14)17-11-6-7-12(16-10-11)20-4-2/h6-7,10H,3-5,8-9,14H2,1-2H3,(H2,15,17,18). The van der Waals surface area contributed by atoms with Crippen molar-refractivity contribution in [2.45, 2.75) is 20.3 Å². The molecular formula is C13H23N5O2. The van der Waals surface area contributed by atoms with Crippen molar-refractivity contribution in [3.8, 4) is 5.88 Å². The molecule has 0 fully saturated rings. The largest absolute Gasteiger partial charge is 0.478 e. The molecule has 4 N–H and O–H groups in total. The summed E-state index contributed by atoms with van der Waals surface area (Å²) < 4.78 is 10.5. The normalized spacial score (nSPS) is 11.2. The smallest absolute Gasteiger partial charge is 0.213 e. The molecule has 0 spiro atoms. The summed E-state index contributed by atoms with van der Waals surface area (Å²) in [5.41, 5.74) is 3.31. The number of guanidine groups is 1. The summed E-state index contributed by atoms with van der Waals surface area (Å²) in [6.07, 6.45) is 2.51. The van der Waals surface area contributed by atoms with E-state index in [0.29, 0.717) is 31.6 Å². The second-order valence-electron chi connectivity index (χ2n) is 3.87. The lowest BCUT2D eigenvalue weighted by Gasteiger charge is -2.09. The van der Waals surface area contributed by atoms with Crippen molar-refractivity contribution in [1.82, 2.24) is 10.4 Å². The van der Waals surface area contributed by atoms with Gasteiger partial charge < -0.3 is 14.8 Å². The van der Waals surface area contributed by atoms with Crippen molar-refractivity contribution in [3.05, 3.63) is 18.3 Å². The number of pyridine rings is 1. The number of ether oxygens (including phenoxy) is 2. The summed E-state index contributed by atoms with van der Waals surface area (Å²) in [4.78, 5) is 8.45. The number of nitrogens with zero attached hydrogens (tertiary/aromatic N) is 2. The van der Waals surface area contributed by atoms with Gasteiger partial charge in [-0.25, -0.2) is 10.8 Å². The summed E-state index contributed by atoms with van der Waals surface area (Å²) in [5.74, 6) is 6.50. The maximum atomic E-state index is 5.42. The van der Waals surface area contributed by atoms with Crippen molar-refractivity contribution < 1.29 is 9.47 Å². The van der Waals surface area contributed by atoms with E-state index in [-0.39, 0.29) is 0 Å². The molecule has 0 atom stereocenters. The Balaban J connectivity index is 2.44. The molecule has 0 aliphatic heterocycles. The van der Waals surface area contributed by atoms with Gasteiger partial charge >= 0.3 is 0 Å². The molecule has 0 amide bonds. The van der Waals surface area contributed by atoms with E-state index in [2.05, 4.69) is 20.7 Å². The number of nitrogens with one attached hydrogen (secondary N) is 2. The Morgan fingerprint density at radius 1 is 1.35 bits per heavy atom. The van der Waals surface area contributed by atoms with Gasteiger partial charge in [-0.2, -0.15) is 0 Å². The van der Waals surface area contributed by atoms with Crippen molar-refractivity contribution in [3.63, 3.8) is 0 Å². The van der Waals surface area contributed by atoms with Gasteiger partial charge in [-0.15, -0.1) is 0 Å². The Kier molecular flexibility index (Phi) is 8.09. The third-order valence-electron chi connectivity index (χ3n) is 2.35. The van der Waals surface area contributed by atoms with Crippen molar-refractivity contribution in [2.24, 2.45) is 10.8 Å². The summed E-state index contributed by atoms with van der Waals surface area (Å²) in [6, 6.07) is 3.64. The van der Waals surface area contributed by atoms with Gasteiger partial charge in [-0.05, 0) is 26.3 Å². The van der Waals surface area contributed by atoms with Gasteiger partial charge in [0.25, 0.3) is 0 Å². The number of aliphatic imine (C=N–C) groups is 1. The molecular weight excluding hydrogens is 258 g/mol. The SMILES string of the molecule is CCOCCCN=C(NN)Nc1ccc(OCC)nc1. The Morgan fingerprint density at radius 3 is 2.80 bits per heavy atom. The van der Waals surface area contributed by atoms with Crippen LogP contribution in [0.4, 0.5) is 5.69 Å². The number of rotatable bonds is 8. The second-order valence-corrected chi connectivity index (χ2v) is 3.87. The lowest BCUT2D eigenvalue weighted by molar-refractivity contribution is 0.146. The van der Waals surface area contributed by atoms with E-state index >= 15 is 0 Å². The van der Waals surface area contributed by atoms with Gasteiger partial charge in [0.05, 0.1) is 18.5 Å². The molecule has 0 saturated carbocycles. The molecule has 0 unspecified atom stereocenters. The minimum atomic E-state index is 0.493. The summed E-state index contributed by atoms with van der Waals surface area (Å²) in [5, 5.41) is 3.04.